The smallest absolute Gasteiger partial charge is 0.217 e. The molecule has 142 valence electrons. The SMILES string of the molecule is CCCCCCCCCO[C@H]1O[C@@H](CO)[C@@H](O)[C@@H](O)[C@H]1NC(C)=O. The summed E-state index contributed by atoms with van der Waals surface area (Å²) in [5.41, 5.74) is 0. The summed E-state index contributed by atoms with van der Waals surface area (Å²) in [7, 11) is 0. The van der Waals surface area contributed by atoms with Crippen LogP contribution in [0.15, 0.2) is 0 Å². The van der Waals surface area contributed by atoms with Crippen molar-refractivity contribution in [3.05, 3.63) is 0 Å². The molecule has 1 heterocycles. The maximum Gasteiger partial charge on any atom is 0.217 e. The maximum absolute atomic E-state index is 11.3. The van der Waals surface area contributed by atoms with Crippen LogP contribution in [-0.2, 0) is 14.3 Å². The molecule has 24 heavy (non-hydrogen) atoms. The minimum absolute atomic E-state index is 0.346. The van der Waals surface area contributed by atoms with Crippen molar-refractivity contribution in [2.75, 3.05) is 13.2 Å². The van der Waals surface area contributed by atoms with Gasteiger partial charge in [0.05, 0.1) is 6.61 Å². The van der Waals surface area contributed by atoms with E-state index in [1.807, 2.05) is 0 Å². The molecular formula is C17H33NO6. The number of unbranched alkanes of at least 4 members (excludes halogenated alkanes) is 6. The number of aliphatic hydroxyl groups is 3. The largest absolute Gasteiger partial charge is 0.394 e. The molecule has 0 saturated carbocycles. The van der Waals surface area contributed by atoms with E-state index in [2.05, 4.69) is 12.2 Å². The van der Waals surface area contributed by atoms with Gasteiger partial charge in [-0.1, -0.05) is 45.4 Å². The first-order valence-corrected chi connectivity index (χ1v) is 9.02. The number of carbonyl (C=O) groups is 1. The van der Waals surface area contributed by atoms with Gasteiger partial charge in [0.25, 0.3) is 0 Å². The number of aliphatic hydroxyl groups excluding tert-OH is 3. The second-order valence-electron chi connectivity index (χ2n) is 6.43. The lowest BCUT2D eigenvalue weighted by Gasteiger charge is -2.42. The van der Waals surface area contributed by atoms with Crippen LogP contribution in [0.5, 0.6) is 0 Å². The summed E-state index contributed by atoms with van der Waals surface area (Å²) in [6.45, 7) is 3.52. The van der Waals surface area contributed by atoms with Gasteiger partial charge >= 0.3 is 0 Å². The van der Waals surface area contributed by atoms with Crippen LogP contribution in [0.4, 0.5) is 0 Å². The lowest BCUT2D eigenvalue weighted by molar-refractivity contribution is -0.270. The Bertz CT molecular complexity index is 354. The third kappa shape index (κ3) is 7.03. The van der Waals surface area contributed by atoms with Crippen LogP contribution >= 0.6 is 0 Å². The molecule has 1 aliphatic rings. The van der Waals surface area contributed by atoms with E-state index in [9.17, 15) is 20.1 Å². The first kappa shape index (κ1) is 21.3. The lowest BCUT2D eigenvalue weighted by Crippen LogP contribution is -2.64. The summed E-state index contributed by atoms with van der Waals surface area (Å²) in [6, 6.07) is -0.857. The van der Waals surface area contributed by atoms with E-state index in [4.69, 9.17) is 9.47 Å². The van der Waals surface area contributed by atoms with E-state index in [-0.39, 0.29) is 5.91 Å². The van der Waals surface area contributed by atoms with Crippen molar-refractivity contribution in [2.45, 2.75) is 89.4 Å². The highest BCUT2D eigenvalue weighted by atomic mass is 16.7. The number of hydrogen-bond donors (Lipinski definition) is 4. The van der Waals surface area contributed by atoms with Gasteiger partial charge in [-0.05, 0) is 6.42 Å². The van der Waals surface area contributed by atoms with Crippen molar-refractivity contribution in [2.24, 2.45) is 0 Å². The van der Waals surface area contributed by atoms with Gasteiger partial charge in [-0.3, -0.25) is 4.79 Å². The Balaban J connectivity index is 2.39. The Hall–Kier alpha value is -0.730. The van der Waals surface area contributed by atoms with Crippen LogP contribution in [0.1, 0.15) is 58.8 Å². The van der Waals surface area contributed by atoms with Crippen molar-refractivity contribution in [3.63, 3.8) is 0 Å². The number of rotatable bonds is 11. The molecule has 7 nitrogen and oxygen atoms in total. The van der Waals surface area contributed by atoms with E-state index >= 15 is 0 Å². The third-order valence-corrected chi connectivity index (χ3v) is 4.28. The zero-order chi connectivity index (χ0) is 17.9. The number of carbonyl (C=O) groups excluding carboxylic acids is 1. The molecule has 1 fully saturated rings. The fourth-order valence-electron chi connectivity index (χ4n) is 2.87. The summed E-state index contributed by atoms with van der Waals surface area (Å²) in [4.78, 5) is 11.3. The molecule has 0 aliphatic carbocycles. The average molecular weight is 347 g/mol. The minimum atomic E-state index is -1.27. The van der Waals surface area contributed by atoms with Crippen LogP contribution in [0, 0.1) is 0 Å². The summed E-state index contributed by atoms with van der Waals surface area (Å²) >= 11 is 0. The highest BCUT2D eigenvalue weighted by molar-refractivity contribution is 5.73. The van der Waals surface area contributed by atoms with Gasteiger partial charge in [0, 0.05) is 13.5 Å². The highest BCUT2D eigenvalue weighted by Crippen LogP contribution is 2.22. The Morgan fingerprint density at radius 3 is 2.29 bits per heavy atom. The Kier molecular flexibility index (Phi) is 10.4. The van der Waals surface area contributed by atoms with Crippen LogP contribution in [0.2, 0.25) is 0 Å². The molecule has 0 aromatic carbocycles. The van der Waals surface area contributed by atoms with E-state index in [1.54, 1.807) is 0 Å². The predicted molar refractivity (Wildman–Crippen MR) is 89.3 cm³/mol. The Morgan fingerprint density at radius 1 is 1.08 bits per heavy atom. The molecule has 0 aromatic heterocycles. The van der Waals surface area contributed by atoms with Crippen LogP contribution < -0.4 is 5.32 Å². The van der Waals surface area contributed by atoms with E-state index in [0.717, 1.165) is 19.3 Å². The third-order valence-electron chi connectivity index (χ3n) is 4.28. The molecule has 0 aromatic rings. The summed E-state index contributed by atoms with van der Waals surface area (Å²) in [5.74, 6) is -0.346. The normalized spacial score (nSPS) is 30.3. The van der Waals surface area contributed by atoms with E-state index in [0.29, 0.717) is 6.61 Å². The molecule has 0 bridgehead atoms. The molecule has 1 saturated heterocycles. The molecule has 1 rings (SSSR count). The first-order valence-electron chi connectivity index (χ1n) is 9.02. The van der Waals surface area contributed by atoms with E-state index < -0.39 is 37.3 Å². The molecule has 7 heteroatoms. The Labute approximate surface area is 144 Å². The number of nitrogens with one attached hydrogen (secondary N) is 1. The van der Waals surface area contributed by atoms with Crippen molar-refractivity contribution < 1.29 is 29.6 Å². The standard InChI is InChI=1S/C17H33NO6/c1-3-4-5-6-7-8-9-10-23-17-14(18-12(2)20)16(22)15(21)13(11-19)24-17/h13-17,19,21-22H,3-11H2,1-2H3,(H,18,20)/t13-,14+,15+,16-,17-/m0/s1. The van der Waals surface area contributed by atoms with Gasteiger partial charge < -0.3 is 30.1 Å². The van der Waals surface area contributed by atoms with Crippen LogP contribution in [0.25, 0.3) is 0 Å². The molecule has 5 atom stereocenters. The molecular weight excluding hydrogens is 314 g/mol. The number of ether oxygens (including phenoxy) is 2. The van der Waals surface area contributed by atoms with Gasteiger partial charge in [-0.25, -0.2) is 0 Å². The van der Waals surface area contributed by atoms with Crippen LogP contribution in [0.3, 0.4) is 0 Å². The number of amides is 1. The maximum atomic E-state index is 11.3. The lowest BCUT2D eigenvalue weighted by atomic mass is 9.97. The number of hydrogen-bond acceptors (Lipinski definition) is 6. The topological polar surface area (TPSA) is 108 Å². The molecule has 1 amide bonds. The van der Waals surface area contributed by atoms with Gasteiger partial charge in [-0.2, -0.15) is 0 Å². The summed E-state index contributed by atoms with van der Waals surface area (Å²) in [6.07, 6.45) is 3.72. The first-order chi connectivity index (χ1) is 11.5. The molecule has 1 aliphatic heterocycles. The molecule has 0 radical (unpaired) electrons. The fourth-order valence-corrected chi connectivity index (χ4v) is 2.87. The molecule has 4 N–H and O–H groups in total. The van der Waals surface area contributed by atoms with Crippen LogP contribution in [-0.4, -0.2) is 65.1 Å². The summed E-state index contributed by atoms with van der Waals surface area (Å²) < 4.78 is 11.2. The van der Waals surface area contributed by atoms with Gasteiger partial charge in [0.2, 0.25) is 5.91 Å². The fraction of sp³-hybridized carbons (Fsp3) is 0.941. The second kappa shape index (κ2) is 11.8. The molecule has 0 unspecified atom stereocenters. The molecule has 0 spiro atoms. The summed E-state index contributed by atoms with van der Waals surface area (Å²) in [5, 5.41) is 31.8. The highest BCUT2D eigenvalue weighted by Gasteiger charge is 2.45. The van der Waals surface area contributed by atoms with Crippen molar-refractivity contribution in [1.29, 1.82) is 0 Å². The Morgan fingerprint density at radius 2 is 1.71 bits per heavy atom. The zero-order valence-corrected chi connectivity index (χ0v) is 14.8. The average Bonchev–Trinajstić information content (AvgIpc) is 2.55. The minimum Gasteiger partial charge on any atom is -0.394 e. The van der Waals surface area contributed by atoms with Gasteiger partial charge in [0.15, 0.2) is 6.29 Å². The van der Waals surface area contributed by atoms with E-state index in [1.165, 1.54) is 32.6 Å². The van der Waals surface area contributed by atoms with Gasteiger partial charge in [0.1, 0.15) is 24.4 Å². The van der Waals surface area contributed by atoms with Crippen molar-refractivity contribution in [1.82, 2.24) is 5.32 Å². The second-order valence-corrected chi connectivity index (χ2v) is 6.43. The quantitative estimate of drug-likeness (QED) is 0.410. The monoisotopic (exact) mass is 347 g/mol. The van der Waals surface area contributed by atoms with Crippen molar-refractivity contribution >= 4 is 5.91 Å². The predicted octanol–water partition coefficient (Wildman–Crippen LogP) is 0.697. The van der Waals surface area contributed by atoms with Crippen molar-refractivity contribution in [3.8, 4) is 0 Å². The van der Waals surface area contributed by atoms with Gasteiger partial charge in [-0.15, -0.1) is 0 Å². The zero-order valence-electron chi connectivity index (χ0n) is 14.8.